The fraction of sp³-hybridized carbons (Fsp3) is 0.458. The number of carbonyl (C=O) groups excluding carboxylic acids is 1. The second-order valence-corrected chi connectivity index (χ2v) is 10.3. The van der Waals surface area contributed by atoms with Crippen LogP contribution >= 0.6 is 0 Å². The molecule has 0 aliphatic carbocycles. The van der Waals surface area contributed by atoms with Crippen LogP contribution in [0.4, 0.5) is 5.69 Å². The molecule has 10 heteroatoms. The lowest BCUT2D eigenvalue weighted by atomic mass is 10.2. The molecule has 0 bridgehead atoms. The number of nitrogens with one attached hydrogen (secondary N) is 1. The van der Waals surface area contributed by atoms with E-state index in [1.165, 1.54) is 16.4 Å². The van der Waals surface area contributed by atoms with E-state index in [1.807, 2.05) is 50.1 Å². The number of rotatable bonds is 10. The van der Waals surface area contributed by atoms with Crippen molar-refractivity contribution in [3.8, 4) is 11.5 Å². The summed E-state index contributed by atoms with van der Waals surface area (Å²) in [5, 5.41) is 2.83. The number of hydrogen-bond donors (Lipinski definition) is 1. The summed E-state index contributed by atoms with van der Waals surface area (Å²) in [7, 11) is -0.252. The highest BCUT2D eigenvalue weighted by Gasteiger charge is 2.27. The van der Waals surface area contributed by atoms with Gasteiger partial charge in [-0.1, -0.05) is 12.1 Å². The average molecular weight is 492 g/mol. The van der Waals surface area contributed by atoms with Crippen LogP contribution in [-0.4, -0.2) is 76.6 Å². The molecule has 0 aromatic heterocycles. The van der Waals surface area contributed by atoms with Gasteiger partial charge in [0.05, 0.1) is 43.6 Å². The number of methoxy groups -OCH3 is 1. The molecule has 1 aliphatic heterocycles. The third-order valence-corrected chi connectivity index (χ3v) is 7.12. The van der Waals surface area contributed by atoms with Gasteiger partial charge in [-0.3, -0.25) is 9.69 Å². The van der Waals surface area contributed by atoms with Crippen LogP contribution < -0.4 is 14.8 Å². The van der Waals surface area contributed by atoms with E-state index in [0.717, 1.165) is 11.3 Å². The Bertz CT molecular complexity index is 1070. The molecule has 1 N–H and O–H groups in total. The first-order chi connectivity index (χ1) is 16.2. The Morgan fingerprint density at radius 3 is 2.44 bits per heavy atom. The van der Waals surface area contributed by atoms with Gasteiger partial charge in [0, 0.05) is 19.6 Å². The SMILES string of the molecule is COc1ccc(CN(C)CC(=O)Nc2cc(S(=O)(=O)N3CCOCC3)ccc2OC(C)C)cc1. The molecule has 0 saturated carbocycles. The molecular weight excluding hydrogens is 458 g/mol. The number of benzene rings is 2. The molecular formula is C24H33N3O6S. The molecule has 1 fully saturated rings. The van der Waals surface area contributed by atoms with Gasteiger partial charge >= 0.3 is 0 Å². The van der Waals surface area contributed by atoms with Gasteiger partial charge in [-0.2, -0.15) is 4.31 Å². The van der Waals surface area contributed by atoms with Gasteiger partial charge in [0.15, 0.2) is 0 Å². The Morgan fingerprint density at radius 2 is 1.82 bits per heavy atom. The molecule has 1 amide bonds. The van der Waals surface area contributed by atoms with Crippen molar-refractivity contribution in [3.05, 3.63) is 48.0 Å². The van der Waals surface area contributed by atoms with Gasteiger partial charge < -0.3 is 19.5 Å². The predicted molar refractivity (Wildman–Crippen MR) is 130 cm³/mol. The van der Waals surface area contributed by atoms with Crippen LogP contribution in [0.25, 0.3) is 0 Å². The van der Waals surface area contributed by atoms with Crippen molar-refractivity contribution in [3.63, 3.8) is 0 Å². The van der Waals surface area contributed by atoms with Crippen LogP contribution in [0.5, 0.6) is 11.5 Å². The van der Waals surface area contributed by atoms with Crippen LogP contribution in [0.15, 0.2) is 47.4 Å². The lowest BCUT2D eigenvalue weighted by Crippen LogP contribution is -2.40. The Balaban J connectivity index is 1.73. The van der Waals surface area contributed by atoms with E-state index in [4.69, 9.17) is 14.2 Å². The van der Waals surface area contributed by atoms with Gasteiger partial charge in [-0.05, 0) is 56.8 Å². The minimum absolute atomic E-state index is 0.104. The highest BCUT2D eigenvalue weighted by atomic mass is 32.2. The topological polar surface area (TPSA) is 97.4 Å². The summed E-state index contributed by atoms with van der Waals surface area (Å²) in [5.74, 6) is 0.918. The van der Waals surface area contributed by atoms with Gasteiger partial charge in [-0.25, -0.2) is 8.42 Å². The molecule has 186 valence electrons. The lowest BCUT2D eigenvalue weighted by Gasteiger charge is -2.26. The summed E-state index contributed by atoms with van der Waals surface area (Å²) >= 11 is 0. The molecule has 1 heterocycles. The summed E-state index contributed by atoms with van der Waals surface area (Å²) in [4.78, 5) is 14.8. The molecule has 0 radical (unpaired) electrons. The van der Waals surface area contributed by atoms with E-state index in [2.05, 4.69) is 5.32 Å². The Hall–Kier alpha value is -2.66. The molecule has 9 nitrogen and oxygen atoms in total. The van der Waals surface area contributed by atoms with Crippen molar-refractivity contribution in [2.45, 2.75) is 31.4 Å². The van der Waals surface area contributed by atoms with E-state index in [1.54, 1.807) is 13.2 Å². The number of anilines is 1. The second-order valence-electron chi connectivity index (χ2n) is 8.41. The third-order valence-electron chi connectivity index (χ3n) is 5.22. The minimum Gasteiger partial charge on any atom is -0.497 e. The first-order valence-electron chi connectivity index (χ1n) is 11.2. The summed E-state index contributed by atoms with van der Waals surface area (Å²) in [6, 6.07) is 12.2. The minimum atomic E-state index is -3.71. The molecule has 1 aliphatic rings. The number of likely N-dealkylation sites (N-methyl/N-ethyl adjacent to an activating group) is 1. The zero-order chi connectivity index (χ0) is 24.7. The Labute approximate surface area is 201 Å². The maximum atomic E-state index is 13.1. The van der Waals surface area contributed by atoms with Crippen LogP contribution in [-0.2, 0) is 26.1 Å². The first-order valence-corrected chi connectivity index (χ1v) is 12.6. The van der Waals surface area contributed by atoms with E-state index in [0.29, 0.717) is 44.3 Å². The summed E-state index contributed by atoms with van der Waals surface area (Å²) in [6.07, 6.45) is -0.143. The standard InChI is InChI=1S/C24H33N3O6S/c1-18(2)33-23-10-9-21(34(29,30)27-11-13-32-14-12-27)15-22(23)25-24(28)17-26(3)16-19-5-7-20(31-4)8-6-19/h5-10,15,18H,11-14,16-17H2,1-4H3,(H,25,28). The largest absolute Gasteiger partial charge is 0.497 e. The zero-order valence-corrected chi connectivity index (χ0v) is 20.9. The van der Waals surface area contributed by atoms with E-state index >= 15 is 0 Å². The number of nitrogens with zero attached hydrogens (tertiary/aromatic N) is 2. The fourth-order valence-electron chi connectivity index (χ4n) is 3.59. The quantitative estimate of drug-likeness (QED) is 0.546. The summed E-state index contributed by atoms with van der Waals surface area (Å²) in [5.41, 5.74) is 1.37. The van der Waals surface area contributed by atoms with E-state index in [9.17, 15) is 13.2 Å². The van der Waals surface area contributed by atoms with Crippen molar-refractivity contribution in [1.82, 2.24) is 9.21 Å². The second kappa shape index (κ2) is 11.7. The summed E-state index contributed by atoms with van der Waals surface area (Å²) < 4.78 is 43.8. The fourth-order valence-corrected chi connectivity index (χ4v) is 5.03. The van der Waals surface area contributed by atoms with Crippen LogP contribution in [0.3, 0.4) is 0 Å². The molecule has 0 unspecified atom stereocenters. The maximum absolute atomic E-state index is 13.1. The highest BCUT2D eigenvalue weighted by Crippen LogP contribution is 2.30. The molecule has 0 spiro atoms. The number of ether oxygens (including phenoxy) is 3. The molecule has 2 aromatic carbocycles. The number of sulfonamides is 1. The highest BCUT2D eigenvalue weighted by molar-refractivity contribution is 7.89. The van der Waals surface area contributed by atoms with Gasteiger partial charge in [-0.15, -0.1) is 0 Å². The van der Waals surface area contributed by atoms with Crippen molar-refractivity contribution in [2.75, 3.05) is 52.3 Å². The van der Waals surface area contributed by atoms with Crippen LogP contribution in [0.2, 0.25) is 0 Å². The van der Waals surface area contributed by atoms with Crippen molar-refractivity contribution in [1.29, 1.82) is 0 Å². The third kappa shape index (κ3) is 6.92. The monoisotopic (exact) mass is 491 g/mol. The molecule has 34 heavy (non-hydrogen) atoms. The average Bonchev–Trinajstić information content (AvgIpc) is 2.80. The molecule has 2 aromatic rings. The Kier molecular flexibility index (Phi) is 8.90. The van der Waals surface area contributed by atoms with E-state index in [-0.39, 0.29) is 23.5 Å². The molecule has 0 atom stereocenters. The smallest absolute Gasteiger partial charge is 0.243 e. The van der Waals surface area contributed by atoms with Crippen molar-refractivity contribution < 1.29 is 27.4 Å². The number of hydrogen-bond acceptors (Lipinski definition) is 7. The normalized spacial score (nSPS) is 14.9. The van der Waals surface area contributed by atoms with Gasteiger partial charge in [0.1, 0.15) is 11.5 Å². The van der Waals surface area contributed by atoms with Crippen LogP contribution in [0, 0.1) is 0 Å². The maximum Gasteiger partial charge on any atom is 0.243 e. The van der Waals surface area contributed by atoms with Gasteiger partial charge in [0.25, 0.3) is 0 Å². The zero-order valence-electron chi connectivity index (χ0n) is 20.1. The van der Waals surface area contributed by atoms with E-state index < -0.39 is 10.0 Å². The lowest BCUT2D eigenvalue weighted by molar-refractivity contribution is -0.117. The first kappa shape index (κ1) is 26.0. The van der Waals surface area contributed by atoms with Crippen molar-refractivity contribution >= 4 is 21.6 Å². The number of carbonyl (C=O) groups is 1. The molecule has 1 saturated heterocycles. The molecule has 3 rings (SSSR count). The van der Waals surface area contributed by atoms with Crippen LogP contribution in [0.1, 0.15) is 19.4 Å². The Morgan fingerprint density at radius 1 is 1.15 bits per heavy atom. The predicted octanol–water partition coefficient (Wildman–Crippen LogP) is 2.57. The van der Waals surface area contributed by atoms with Crippen molar-refractivity contribution in [2.24, 2.45) is 0 Å². The van der Waals surface area contributed by atoms with Gasteiger partial charge in [0.2, 0.25) is 15.9 Å². The number of morpholine rings is 1. The summed E-state index contributed by atoms with van der Waals surface area (Å²) in [6.45, 7) is 5.73. The number of amides is 1.